The van der Waals surface area contributed by atoms with E-state index in [0.717, 1.165) is 24.3 Å². The molecule has 0 bridgehead atoms. The van der Waals surface area contributed by atoms with Crippen LogP contribution in [0.5, 0.6) is 0 Å². The summed E-state index contributed by atoms with van der Waals surface area (Å²) in [4.78, 5) is 28.4. The van der Waals surface area contributed by atoms with Gasteiger partial charge in [-0.15, -0.1) is 0 Å². The molecular formula is C17H13F4N3O3. The number of rotatable bonds is 3. The molecule has 2 heterocycles. The zero-order chi connectivity index (χ0) is 19.8. The summed E-state index contributed by atoms with van der Waals surface area (Å²) >= 11 is 0. The Hall–Kier alpha value is -3.01. The Morgan fingerprint density at radius 2 is 1.85 bits per heavy atom. The molecule has 3 N–H and O–H groups in total. The summed E-state index contributed by atoms with van der Waals surface area (Å²) in [5.74, 6) is -3.99. The average molecular weight is 383 g/mol. The Morgan fingerprint density at radius 1 is 1.19 bits per heavy atom. The second-order valence-electron chi connectivity index (χ2n) is 5.98. The molecule has 0 unspecified atom stereocenters. The first-order chi connectivity index (χ1) is 12.6. The van der Waals surface area contributed by atoms with E-state index in [2.05, 4.69) is 10.3 Å². The Labute approximate surface area is 150 Å². The normalized spacial score (nSPS) is 25.4. The minimum atomic E-state index is -5.36. The van der Waals surface area contributed by atoms with Gasteiger partial charge in [0.1, 0.15) is 11.7 Å². The fraction of sp³-hybridized carbons (Fsp3) is 0.235. The molecule has 27 heavy (non-hydrogen) atoms. The molecule has 142 valence electrons. The summed E-state index contributed by atoms with van der Waals surface area (Å²) in [6, 6.07) is 3.79. The molecule has 3 rings (SSSR count). The van der Waals surface area contributed by atoms with E-state index in [1.165, 1.54) is 29.8 Å². The van der Waals surface area contributed by atoms with Crippen LogP contribution < -0.4 is 10.6 Å². The van der Waals surface area contributed by atoms with E-state index in [-0.39, 0.29) is 11.1 Å². The molecule has 0 aliphatic carbocycles. The van der Waals surface area contributed by atoms with Crippen LogP contribution in [0.1, 0.15) is 22.0 Å². The number of Topliss-reactive ketones (excluding diaryl/α,β-unsaturated/α-hetero) is 1. The summed E-state index contributed by atoms with van der Waals surface area (Å²) in [7, 11) is 0. The van der Waals surface area contributed by atoms with Gasteiger partial charge in [0, 0.05) is 18.0 Å². The summed E-state index contributed by atoms with van der Waals surface area (Å²) in [6.45, 7) is 0. The molecule has 3 atom stereocenters. The first-order valence-electron chi connectivity index (χ1n) is 7.71. The molecule has 0 radical (unpaired) electrons. The van der Waals surface area contributed by atoms with Crippen molar-refractivity contribution < 1.29 is 32.3 Å². The molecule has 1 aromatic carbocycles. The number of hydrogen-bond donors (Lipinski definition) is 3. The number of pyridine rings is 1. The van der Waals surface area contributed by atoms with Gasteiger partial charge in [-0.1, -0.05) is 6.07 Å². The number of amides is 2. The monoisotopic (exact) mass is 383 g/mol. The molecule has 6 nitrogen and oxygen atoms in total. The van der Waals surface area contributed by atoms with Gasteiger partial charge in [-0.2, -0.15) is 13.2 Å². The van der Waals surface area contributed by atoms with Gasteiger partial charge < -0.3 is 15.7 Å². The molecular weight excluding hydrogens is 370 g/mol. The van der Waals surface area contributed by atoms with Crippen molar-refractivity contribution in [3.8, 4) is 0 Å². The van der Waals surface area contributed by atoms with Crippen LogP contribution in [0.15, 0.2) is 48.8 Å². The highest BCUT2D eigenvalue weighted by Gasteiger charge is 2.66. The van der Waals surface area contributed by atoms with Crippen LogP contribution in [0.25, 0.3) is 0 Å². The lowest BCUT2D eigenvalue weighted by Gasteiger charge is -2.44. The number of ketones is 1. The van der Waals surface area contributed by atoms with Crippen LogP contribution in [0.2, 0.25) is 0 Å². The summed E-state index contributed by atoms with van der Waals surface area (Å²) in [5, 5.41) is 14.0. The van der Waals surface area contributed by atoms with E-state index in [1.807, 2.05) is 0 Å². The number of alkyl halides is 3. The van der Waals surface area contributed by atoms with E-state index >= 15 is 0 Å². The molecule has 0 saturated carbocycles. The minimum absolute atomic E-state index is 0.0930. The molecule has 1 aromatic heterocycles. The zero-order valence-electron chi connectivity index (χ0n) is 13.5. The van der Waals surface area contributed by atoms with E-state index < -0.39 is 41.5 Å². The molecule has 1 saturated heterocycles. The Bertz CT molecular complexity index is 858. The Kier molecular flexibility index (Phi) is 4.60. The van der Waals surface area contributed by atoms with Crippen molar-refractivity contribution in [1.82, 2.24) is 15.6 Å². The molecule has 2 aromatic rings. The van der Waals surface area contributed by atoms with E-state index in [9.17, 15) is 32.3 Å². The van der Waals surface area contributed by atoms with Crippen molar-refractivity contribution >= 4 is 11.8 Å². The first-order valence-corrected chi connectivity index (χ1v) is 7.71. The second-order valence-corrected chi connectivity index (χ2v) is 5.98. The molecule has 2 amide bonds. The minimum Gasteiger partial charge on any atom is -0.363 e. The highest BCUT2D eigenvalue weighted by molar-refractivity contribution is 6.00. The summed E-state index contributed by atoms with van der Waals surface area (Å²) in [5.41, 5.74) is -3.99. The SMILES string of the molecule is O=C1N[C@@H](c2cccnc2)[C@@H](C(=O)c2ccc(F)cc2)[C@](O)(C(F)(F)F)N1. The fourth-order valence-corrected chi connectivity index (χ4v) is 2.97. The van der Waals surface area contributed by atoms with Gasteiger partial charge in [0.25, 0.3) is 0 Å². The summed E-state index contributed by atoms with van der Waals surface area (Å²) in [6.07, 6.45) is -2.82. The number of carbonyl (C=O) groups excluding carboxylic acids is 2. The molecule has 0 spiro atoms. The van der Waals surface area contributed by atoms with E-state index in [1.54, 1.807) is 0 Å². The van der Waals surface area contributed by atoms with Crippen LogP contribution in [0.3, 0.4) is 0 Å². The number of nitrogens with zero attached hydrogens (tertiary/aromatic N) is 1. The highest BCUT2D eigenvalue weighted by atomic mass is 19.4. The van der Waals surface area contributed by atoms with Gasteiger partial charge in [-0.05, 0) is 35.9 Å². The highest BCUT2D eigenvalue weighted by Crippen LogP contribution is 2.43. The van der Waals surface area contributed by atoms with Crippen molar-refractivity contribution in [3.63, 3.8) is 0 Å². The van der Waals surface area contributed by atoms with Crippen molar-refractivity contribution in [2.45, 2.75) is 17.9 Å². The third kappa shape index (κ3) is 3.35. The van der Waals surface area contributed by atoms with Crippen LogP contribution in [0.4, 0.5) is 22.4 Å². The third-order valence-corrected chi connectivity index (χ3v) is 4.26. The number of aliphatic hydroxyl groups is 1. The van der Waals surface area contributed by atoms with Gasteiger partial charge in [0.2, 0.25) is 5.72 Å². The number of carbonyl (C=O) groups is 2. The van der Waals surface area contributed by atoms with Crippen molar-refractivity contribution in [2.24, 2.45) is 5.92 Å². The Morgan fingerprint density at radius 3 is 2.41 bits per heavy atom. The van der Waals surface area contributed by atoms with E-state index in [0.29, 0.717) is 0 Å². The maximum atomic E-state index is 13.7. The van der Waals surface area contributed by atoms with Crippen LogP contribution in [-0.2, 0) is 0 Å². The zero-order valence-corrected chi connectivity index (χ0v) is 13.5. The fourth-order valence-electron chi connectivity index (χ4n) is 2.97. The number of hydrogen-bond acceptors (Lipinski definition) is 4. The molecule has 1 fully saturated rings. The topological polar surface area (TPSA) is 91.3 Å². The maximum Gasteiger partial charge on any atom is 0.437 e. The van der Waals surface area contributed by atoms with Gasteiger partial charge in [-0.3, -0.25) is 9.78 Å². The lowest BCUT2D eigenvalue weighted by molar-refractivity contribution is -0.287. The number of aromatic nitrogens is 1. The number of halogens is 4. The summed E-state index contributed by atoms with van der Waals surface area (Å²) < 4.78 is 54.1. The smallest absolute Gasteiger partial charge is 0.363 e. The third-order valence-electron chi connectivity index (χ3n) is 4.26. The van der Waals surface area contributed by atoms with E-state index in [4.69, 9.17) is 0 Å². The Balaban J connectivity index is 2.15. The van der Waals surface area contributed by atoms with Crippen molar-refractivity contribution in [2.75, 3.05) is 0 Å². The lowest BCUT2D eigenvalue weighted by atomic mass is 9.77. The number of urea groups is 1. The van der Waals surface area contributed by atoms with Crippen molar-refractivity contribution in [1.29, 1.82) is 0 Å². The number of benzene rings is 1. The van der Waals surface area contributed by atoms with Crippen LogP contribution in [0, 0.1) is 11.7 Å². The van der Waals surface area contributed by atoms with Crippen LogP contribution >= 0.6 is 0 Å². The average Bonchev–Trinajstić information content (AvgIpc) is 2.61. The molecule has 1 aliphatic heterocycles. The quantitative estimate of drug-likeness (QED) is 0.561. The van der Waals surface area contributed by atoms with Crippen LogP contribution in [-0.4, -0.2) is 33.8 Å². The largest absolute Gasteiger partial charge is 0.437 e. The molecule has 1 aliphatic rings. The maximum absolute atomic E-state index is 13.7. The van der Waals surface area contributed by atoms with Gasteiger partial charge in [0.15, 0.2) is 5.78 Å². The first kappa shape index (κ1) is 18.8. The van der Waals surface area contributed by atoms with Gasteiger partial charge in [-0.25, -0.2) is 9.18 Å². The predicted octanol–water partition coefficient (Wildman–Crippen LogP) is 2.32. The second kappa shape index (κ2) is 6.62. The van der Waals surface area contributed by atoms with Gasteiger partial charge in [0.05, 0.1) is 6.04 Å². The number of nitrogens with one attached hydrogen (secondary N) is 2. The van der Waals surface area contributed by atoms with Crippen molar-refractivity contribution in [3.05, 3.63) is 65.7 Å². The molecule has 10 heteroatoms. The standard InChI is InChI=1S/C17H13F4N3O3/c18-11-5-3-9(4-6-11)14(25)12-13(10-2-1-7-22-8-10)23-15(26)24-16(12,27)17(19,20)21/h1-8,12-13,27H,(H2,23,24,26)/t12-,13-,16-/m0/s1. The predicted molar refractivity (Wildman–Crippen MR) is 83.9 cm³/mol. The van der Waals surface area contributed by atoms with Gasteiger partial charge >= 0.3 is 12.2 Å². The lowest BCUT2D eigenvalue weighted by Crippen LogP contribution is -2.72.